The number of benzene rings is 1. The van der Waals surface area contributed by atoms with Crippen LogP contribution >= 0.6 is 11.8 Å². The van der Waals surface area contributed by atoms with Crippen LogP contribution in [0.4, 0.5) is 0 Å². The SMILES string of the molecule is CCn1cnnc1SCC(=O)NCc1cc(OC)c(OC)c(OC)c1. The van der Waals surface area contributed by atoms with E-state index < -0.39 is 0 Å². The summed E-state index contributed by atoms with van der Waals surface area (Å²) in [6.45, 7) is 3.12. The van der Waals surface area contributed by atoms with Crippen molar-refractivity contribution < 1.29 is 19.0 Å². The van der Waals surface area contributed by atoms with Crippen LogP contribution in [0.5, 0.6) is 17.2 Å². The lowest BCUT2D eigenvalue weighted by molar-refractivity contribution is -0.118. The van der Waals surface area contributed by atoms with Crippen LogP contribution in [0, 0.1) is 0 Å². The Morgan fingerprint density at radius 2 is 1.88 bits per heavy atom. The number of amides is 1. The maximum Gasteiger partial charge on any atom is 0.230 e. The zero-order valence-corrected chi connectivity index (χ0v) is 15.6. The molecule has 2 rings (SSSR count). The number of nitrogens with one attached hydrogen (secondary N) is 1. The zero-order chi connectivity index (χ0) is 18.2. The molecule has 0 aliphatic rings. The highest BCUT2D eigenvalue weighted by molar-refractivity contribution is 7.99. The molecule has 1 N–H and O–H groups in total. The lowest BCUT2D eigenvalue weighted by Gasteiger charge is -2.14. The summed E-state index contributed by atoms with van der Waals surface area (Å²) in [7, 11) is 4.66. The van der Waals surface area contributed by atoms with Crippen molar-refractivity contribution in [1.29, 1.82) is 0 Å². The van der Waals surface area contributed by atoms with Crippen LogP contribution in [0.1, 0.15) is 12.5 Å². The first-order chi connectivity index (χ1) is 12.1. The highest BCUT2D eigenvalue weighted by atomic mass is 32.2. The van der Waals surface area contributed by atoms with Gasteiger partial charge in [0.15, 0.2) is 16.7 Å². The first-order valence-corrected chi connectivity index (χ1v) is 8.67. The minimum atomic E-state index is -0.0931. The molecule has 0 bridgehead atoms. The molecule has 9 heteroatoms. The van der Waals surface area contributed by atoms with Crippen LogP contribution < -0.4 is 19.5 Å². The highest BCUT2D eigenvalue weighted by Gasteiger charge is 2.14. The standard InChI is InChI=1S/C16H22N4O4S/c1-5-20-10-18-19-16(20)25-9-14(21)17-8-11-6-12(22-2)15(24-4)13(7-11)23-3/h6-7,10H,5,8-9H2,1-4H3,(H,17,21). The number of methoxy groups -OCH3 is 3. The molecule has 0 unspecified atom stereocenters. The smallest absolute Gasteiger partial charge is 0.230 e. The van der Waals surface area contributed by atoms with Gasteiger partial charge in [0.05, 0.1) is 27.1 Å². The number of nitrogens with zero attached hydrogens (tertiary/aromatic N) is 3. The Labute approximate surface area is 150 Å². The van der Waals surface area contributed by atoms with Gasteiger partial charge in [0.1, 0.15) is 6.33 Å². The van der Waals surface area contributed by atoms with Gasteiger partial charge >= 0.3 is 0 Å². The Kier molecular flexibility index (Phi) is 6.93. The Balaban J connectivity index is 1.95. The molecule has 1 aromatic heterocycles. The summed E-state index contributed by atoms with van der Waals surface area (Å²) < 4.78 is 17.8. The second kappa shape index (κ2) is 9.16. The van der Waals surface area contributed by atoms with E-state index in [1.54, 1.807) is 27.7 Å². The summed E-state index contributed by atoms with van der Waals surface area (Å²) in [5, 5.41) is 11.4. The Hall–Kier alpha value is -2.42. The Morgan fingerprint density at radius 3 is 2.44 bits per heavy atom. The van der Waals surface area contributed by atoms with Crippen molar-refractivity contribution in [3.05, 3.63) is 24.0 Å². The molecular weight excluding hydrogens is 344 g/mol. The van der Waals surface area contributed by atoms with E-state index in [1.807, 2.05) is 23.6 Å². The van der Waals surface area contributed by atoms with Crippen LogP contribution in [-0.2, 0) is 17.9 Å². The van der Waals surface area contributed by atoms with Crippen molar-refractivity contribution in [3.8, 4) is 17.2 Å². The number of carbonyl (C=O) groups excluding carboxylic acids is 1. The largest absolute Gasteiger partial charge is 0.493 e. The average Bonchev–Trinajstić information content (AvgIpc) is 3.11. The number of aromatic nitrogens is 3. The number of hydrogen-bond donors (Lipinski definition) is 1. The monoisotopic (exact) mass is 366 g/mol. The van der Waals surface area contributed by atoms with Gasteiger partial charge < -0.3 is 24.1 Å². The molecule has 1 aromatic carbocycles. The number of rotatable bonds is 9. The fourth-order valence-electron chi connectivity index (χ4n) is 2.19. The predicted octanol–water partition coefficient (Wildman–Crippen LogP) is 1.73. The van der Waals surface area contributed by atoms with Gasteiger partial charge in [-0.05, 0) is 24.6 Å². The summed E-state index contributed by atoms with van der Waals surface area (Å²) in [4.78, 5) is 12.1. The van der Waals surface area contributed by atoms with Gasteiger partial charge in [-0.1, -0.05) is 11.8 Å². The second-order valence-electron chi connectivity index (χ2n) is 5.00. The summed E-state index contributed by atoms with van der Waals surface area (Å²) in [6, 6.07) is 3.62. The van der Waals surface area contributed by atoms with Gasteiger partial charge in [0.2, 0.25) is 11.7 Å². The van der Waals surface area contributed by atoms with Crippen LogP contribution in [0.15, 0.2) is 23.6 Å². The third-order valence-corrected chi connectivity index (χ3v) is 4.45. The zero-order valence-electron chi connectivity index (χ0n) is 14.7. The lowest BCUT2D eigenvalue weighted by atomic mass is 10.2. The number of ether oxygens (including phenoxy) is 3. The Morgan fingerprint density at radius 1 is 1.20 bits per heavy atom. The van der Waals surface area contributed by atoms with Gasteiger partial charge in [-0.3, -0.25) is 4.79 Å². The molecule has 25 heavy (non-hydrogen) atoms. The number of thioether (sulfide) groups is 1. The summed E-state index contributed by atoms with van der Waals surface area (Å²) in [5.74, 6) is 1.80. The summed E-state index contributed by atoms with van der Waals surface area (Å²) in [5.41, 5.74) is 0.851. The summed E-state index contributed by atoms with van der Waals surface area (Å²) >= 11 is 1.35. The number of carbonyl (C=O) groups is 1. The van der Waals surface area contributed by atoms with E-state index in [0.29, 0.717) is 23.8 Å². The lowest BCUT2D eigenvalue weighted by Crippen LogP contribution is -2.24. The van der Waals surface area contributed by atoms with Crippen LogP contribution in [-0.4, -0.2) is 47.8 Å². The van der Waals surface area contributed by atoms with Crippen molar-refractivity contribution in [2.24, 2.45) is 0 Å². The van der Waals surface area contributed by atoms with Crippen molar-refractivity contribution >= 4 is 17.7 Å². The van der Waals surface area contributed by atoms with Crippen molar-refractivity contribution in [2.45, 2.75) is 25.2 Å². The van der Waals surface area contributed by atoms with Gasteiger partial charge in [-0.2, -0.15) is 0 Å². The molecule has 0 saturated heterocycles. The van der Waals surface area contributed by atoms with Gasteiger partial charge in [-0.15, -0.1) is 10.2 Å². The molecule has 0 fully saturated rings. The van der Waals surface area contributed by atoms with E-state index in [-0.39, 0.29) is 11.7 Å². The summed E-state index contributed by atoms with van der Waals surface area (Å²) in [6.07, 6.45) is 1.65. The Bertz CT molecular complexity index is 695. The fourth-order valence-corrected chi connectivity index (χ4v) is 3.00. The topological polar surface area (TPSA) is 87.5 Å². The molecular formula is C16H22N4O4S. The normalized spacial score (nSPS) is 10.4. The van der Waals surface area contributed by atoms with E-state index in [9.17, 15) is 4.79 Å². The maximum atomic E-state index is 12.1. The molecule has 0 aliphatic heterocycles. The van der Waals surface area contributed by atoms with Crippen LogP contribution in [0.3, 0.4) is 0 Å². The molecule has 0 saturated carbocycles. The molecule has 2 aromatic rings. The molecule has 136 valence electrons. The second-order valence-corrected chi connectivity index (χ2v) is 5.94. The average molecular weight is 366 g/mol. The van der Waals surface area contributed by atoms with Crippen LogP contribution in [0.25, 0.3) is 0 Å². The fraction of sp³-hybridized carbons (Fsp3) is 0.438. The molecule has 0 spiro atoms. The molecule has 0 atom stereocenters. The maximum absolute atomic E-state index is 12.1. The molecule has 0 aliphatic carbocycles. The van der Waals surface area contributed by atoms with Crippen molar-refractivity contribution in [1.82, 2.24) is 20.1 Å². The molecule has 1 amide bonds. The molecule has 8 nitrogen and oxygen atoms in total. The van der Waals surface area contributed by atoms with Crippen molar-refractivity contribution in [3.63, 3.8) is 0 Å². The van der Waals surface area contributed by atoms with Crippen LogP contribution in [0.2, 0.25) is 0 Å². The molecule has 1 heterocycles. The number of hydrogen-bond acceptors (Lipinski definition) is 7. The third-order valence-electron chi connectivity index (χ3n) is 3.47. The van der Waals surface area contributed by atoms with E-state index in [4.69, 9.17) is 14.2 Å². The molecule has 0 radical (unpaired) electrons. The highest BCUT2D eigenvalue weighted by Crippen LogP contribution is 2.38. The van der Waals surface area contributed by atoms with Gasteiger partial charge in [-0.25, -0.2) is 0 Å². The van der Waals surface area contributed by atoms with Crippen molar-refractivity contribution in [2.75, 3.05) is 27.1 Å². The van der Waals surface area contributed by atoms with Gasteiger partial charge in [0.25, 0.3) is 0 Å². The minimum Gasteiger partial charge on any atom is -0.493 e. The van der Waals surface area contributed by atoms with E-state index in [1.165, 1.54) is 11.8 Å². The number of aryl methyl sites for hydroxylation is 1. The first kappa shape index (κ1) is 18.9. The third kappa shape index (κ3) is 4.79. The van der Waals surface area contributed by atoms with E-state index in [2.05, 4.69) is 15.5 Å². The first-order valence-electron chi connectivity index (χ1n) is 7.69. The van der Waals surface area contributed by atoms with E-state index in [0.717, 1.165) is 17.3 Å². The quantitative estimate of drug-likeness (QED) is 0.676. The predicted molar refractivity (Wildman–Crippen MR) is 94.4 cm³/mol. The van der Waals surface area contributed by atoms with Gasteiger partial charge in [0, 0.05) is 13.1 Å². The minimum absolute atomic E-state index is 0.0931. The van der Waals surface area contributed by atoms with E-state index >= 15 is 0 Å².